The lowest BCUT2D eigenvalue weighted by atomic mass is 10.1. The first-order chi connectivity index (χ1) is 17.5. The summed E-state index contributed by atoms with van der Waals surface area (Å²) in [7, 11) is 0. The van der Waals surface area contributed by atoms with Gasteiger partial charge in [-0.15, -0.1) is 0 Å². The number of carbonyl (C=O) groups excluding carboxylic acids is 1. The topological polar surface area (TPSA) is 91.9 Å². The second kappa shape index (κ2) is 12.2. The Morgan fingerprint density at radius 3 is 2.67 bits per heavy atom. The van der Waals surface area contributed by atoms with Crippen molar-refractivity contribution >= 4 is 34.3 Å². The predicted molar refractivity (Wildman–Crippen MR) is 142 cm³/mol. The maximum atomic E-state index is 13.3. The number of aromatic nitrogens is 3. The molecule has 4 rings (SSSR count). The highest BCUT2D eigenvalue weighted by atomic mass is 32.1. The number of rotatable bonds is 10. The minimum Gasteiger partial charge on any atom is -0.443 e. The van der Waals surface area contributed by atoms with Crippen LogP contribution in [-0.4, -0.2) is 32.6 Å². The van der Waals surface area contributed by atoms with Crippen LogP contribution in [0.5, 0.6) is 0 Å². The van der Waals surface area contributed by atoms with Crippen LogP contribution in [0.15, 0.2) is 66.9 Å². The highest BCUT2D eigenvalue weighted by molar-refractivity contribution is 7.80. The Morgan fingerprint density at radius 2 is 1.92 bits per heavy atom. The number of alkyl carbamates (subject to hydrolysis) is 1. The summed E-state index contributed by atoms with van der Waals surface area (Å²) in [5, 5.41) is 6.10. The number of nitrogens with one attached hydrogen (secondary N) is 3. The van der Waals surface area contributed by atoms with Gasteiger partial charge in [0.25, 0.3) is 0 Å². The van der Waals surface area contributed by atoms with Crippen molar-refractivity contribution in [1.29, 1.82) is 0 Å². The van der Waals surface area contributed by atoms with E-state index in [1.165, 1.54) is 12.1 Å². The monoisotopic (exact) mass is 505 g/mol. The number of aromatic amines is 1. The molecule has 0 radical (unpaired) electrons. The summed E-state index contributed by atoms with van der Waals surface area (Å²) in [6.45, 7) is 2.71. The molecule has 1 amide bonds. The van der Waals surface area contributed by atoms with Gasteiger partial charge in [0.2, 0.25) is 0 Å². The van der Waals surface area contributed by atoms with Crippen LogP contribution in [0.1, 0.15) is 43.7 Å². The second-order valence-corrected chi connectivity index (χ2v) is 9.05. The van der Waals surface area contributed by atoms with Gasteiger partial charge in [0.05, 0.1) is 27.8 Å². The largest absolute Gasteiger partial charge is 0.443 e. The summed E-state index contributed by atoms with van der Waals surface area (Å²) < 4.78 is 18.7. The molecule has 7 nitrogen and oxygen atoms in total. The molecule has 186 valence electrons. The Kier molecular flexibility index (Phi) is 8.57. The zero-order valence-corrected chi connectivity index (χ0v) is 20.8. The highest BCUT2D eigenvalue weighted by Crippen LogP contribution is 2.26. The minimum absolute atomic E-state index is 0.0818. The van der Waals surface area contributed by atoms with Crippen molar-refractivity contribution in [3.8, 4) is 11.1 Å². The van der Waals surface area contributed by atoms with E-state index >= 15 is 0 Å². The highest BCUT2D eigenvalue weighted by Gasteiger charge is 2.19. The Hall–Kier alpha value is -3.85. The Labute approximate surface area is 214 Å². The van der Waals surface area contributed by atoms with Gasteiger partial charge in [-0.1, -0.05) is 36.5 Å². The van der Waals surface area contributed by atoms with Crippen molar-refractivity contribution < 1.29 is 13.9 Å². The maximum Gasteiger partial charge on any atom is 0.408 e. The molecule has 2 heterocycles. The van der Waals surface area contributed by atoms with Crippen molar-refractivity contribution in [2.75, 3.05) is 6.54 Å². The molecule has 0 aliphatic heterocycles. The van der Waals surface area contributed by atoms with Gasteiger partial charge in [0.1, 0.15) is 18.2 Å². The summed E-state index contributed by atoms with van der Waals surface area (Å²) in [5.74, 6) is 0.374. The van der Waals surface area contributed by atoms with Gasteiger partial charge in [-0.05, 0) is 73.7 Å². The predicted octanol–water partition coefficient (Wildman–Crippen LogP) is 5.84. The summed E-state index contributed by atoms with van der Waals surface area (Å²) >= 11 is 5.07. The number of hydrogen-bond donors (Lipinski definition) is 3. The van der Waals surface area contributed by atoms with Crippen molar-refractivity contribution in [3.05, 3.63) is 84.2 Å². The molecule has 2 aromatic carbocycles. The fourth-order valence-electron chi connectivity index (χ4n) is 3.84. The Morgan fingerprint density at radius 1 is 1.11 bits per heavy atom. The van der Waals surface area contributed by atoms with Crippen LogP contribution >= 0.6 is 12.2 Å². The third-order valence-electron chi connectivity index (χ3n) is 5.67. The van der Waals surface area contributed by atoms with Crippen molar-refractivity contribution in [3.63, 3.8) is 0 Å². The smallest absolute Gasteiger partial charge is 0.408 e. The fourth-order valence-corrected chi connectivity index (χ4v) is 3.94. The number of fused-ring (bicyclic) bond motifs is 1. The molecule has 0 aliphatic rings. The van der Waals surface area contributed by atoms with E-state index in [9.17, 15) is 9.18 Å². The van der Waals surface area contributed by atoms with E-state index in [0.29, 0.717) is 17.9 Å². The molecule has 4 aromatic rings. The quantitative estimate of drug-likeness (QED) is 0.185. The molecule has 0 aliphatic carbocycles. The van der Waals surface area contributed by atoms with E-state index in [4.69, 9.17) is 21.9 Å². The molecule has 0 bridgehead atoms. The number of ether oxygens (including phenoxy) is 1. The zero-order valence-electron chi connectivity index (χ0n) is 20.0. The van der Waals surface area contributed by atoms with E-state index in [2.05, 4.69) is 20.6 Å². The first-order valence-corrected chi connectivity index (χ1v) is 12.2. The van der Waals surface area contributed by atoms with Crippen LogP contribution in [0.4, 0.5) is 9.18 Å². The van der Waals surface area contributed by atoms with Crippen molar-refractivity contribution in [1.82, 2.24) is 25.6 Å². The number of benzene rings is 2. The number of pyridine rings is 1. The number of imidazole rings is 1. The molecular weight excluding hydrogens is 477 g/mol. The van der Waals surface area contributed by atoms with E-state index in [1.54, 1.807) is 24.4 Å². The van der Waals surface area contributed by atoms with Gasteiger partial charge in [-0.2, -0.15) is 0 Å². The molecular formula is C27H28FN5O2S. The normalized spacial score (nSPS) is 11.7. The minimum atomic E-state index is -0.536. The van der Waals surface area contributed by atoms with Gasteiger partial charge in [0.15, 0.2) is 0 Å². The lowest BCUT2D eigenvalue weighted by Crippen LogP contribution is -2.30. The lowest BCUT2D eigenvalue weighted by Gasteiger charge is -2.17. The van der Waals surface area contributed by atoms with E-state index in [1.807, 2.05) is 37.3 Å². The van der Waals surface area contributed by atoms with Gasteiger partial charge < -0.3 is 20.4 Å². The lowest BCUT2D eigenvalue weighted by molar-refractivity contribution is 0.133. The number of hydrogen-bond acceptors (Lipinski definition) is 5. The molecule has 9 heteroatoms. The Balaban J connectivity index is 1.48. The molecule has 0 saturated heterocycles. The molecule has 0 unspecified atom stereocenters. The van der Waals surface area contributed by atoms with Crippen molar-refractivity contribution in [2.24, 2.45) is 0 Å². The van der Waals surface area contributed by atoms with E-state index in [-0.39, 0.29) is 18.5 Å². The number of thiocarbonyl (C=S) groups is 1. The van der Waals surface area contributed by atoms with Crippen LogP contribution in [0.3, 0.4) is 0 Å². The maximum absolute atomic E-state index is 13.3. The first kappa shape index (κ1) is 25.2. The average Bonchev–Trinajstić information content (AvgIpc) is 3.31. The number of halogens is 1. The molecule has 1 atom stereocenters. The van der Waals surface area contributed by atoms with E-state index < -0.39 is 6.09 Å². The summed E-state index contributed by atoms with van der Waals surface area (Å²) in [6, 6.07) is 17.3. The third-order valence-corrected chi connectivity index (χ3v) is 5.82. The van der Waals surface area contributed by atoms with Crippen LogP contribution < -0.4 is 10.6 Å². The summed E-state index contributed by atoms with van der Waals surface area (Å²) in [6.07, 6.45) is 3.53. The second-order valence-electron chi connectivity index (χ2n) is 8.43. The van der Waals surface area contributed by atoms with Gasteiger partial charge in [-0.3, -0.25) is 4.98 Å². The molecule has 0 spiro atoms. The third kappa shape index (κ3) is 7.08. The first-order valence-electron chi connectivity index (χ1n) is 11.8. The number of nitrogens with zero attached hydrogens (tertiary/aromatic N) is 2. The molecule has 3 N–H and O–H groups in total. The van der Waals surface area contributed by atoms with Gasteiger partial charge in [-0.25, -0.2) is 14.2 Å². The number of carbonyl (C=O) groups is 1. The standard InChI is InChI=1S/C27H28FN5O2S/c1-18(36)29-14-5-3-7-24(33-27(34)35-17-22-6-2-4-15-30-22)26-31-23-13-10-20(16-25(23)32-26)19-8-11-21(28)12-9-19/h2,4,6,8-13,15-16,24H,3,5,7,14,17H2,1H3,(H,29,36)(H,31,32)(H,33,34)/t24-/m0/s1. The zero-order chi connectivity index (χ0) is 25.3. The van der Waals surface area contributed by atoms with Crippen LogP contribution in [0, 0.1) is 5.82 Å². The van der Waals surface area contributed by atoms with Crippen LogP contribution in [0.2, 0.25) is 0 Å². The van der Waals surface area contributed by atoms with Gasteiger partial charge in [0, 0.05) is 12.7 Å². The van der Waals surface area contributed by atoms with Crippen LogP contribution in [-0.2, 0) is 11.3 Å². The van der Waals surface area contributed by atoms with E-state index in [0.717, 1.165) is 46.5 Å². The number of unbranched alkanes of at least 4 members (excludes halogenated alkanes) is 1. The van der Waals surface area contributed by atoms with Crippen LogP contribution in [0.25, 0.3) is 22.2 Å². The van der Waals surface area contributed by atoms with Crippen molar-refractivity contribution in [2.45, 2.75) is 38.8 Å². The molecule has 2 aromatic heterocycles. The summed E-state index contributed by atoms with van der Waals surface area (Å²) in [4.78, 5) is 25.6. The molecule has 0 fully saturated rings. The fraction of sp³-hybridized carbons (Fsp3) is 0.259. The molecule has 0 saturated carbocycles. The van der Waals surface area contributed by atoms with Gasteiger partial charge >= 0.3 is 6.09 Å². The number of amides is 1. The Bertz CT molecular complexity index is 1310. The average molecular weight is 506 g/mol. The SMILES string of the molecule is CC(=S)NCCCC[C@H](NC(=O)OCc1ccccn1)c1nc2ccc(-c3ccc(F)cc3)cc2[nH]1. The summed E-state index contributed by atoms with van der Waals surface area (Å²) in [5.41, 5.74) is 4.13. The molecule has 36 heavy (non-hydrogen) atoms. The number of H-pyrrole nitrogens is 1.